The normalized spacial score (nSPS) is 19.3. The van der Waals surface area contributed by atoms with Crippen molar-refractivity contribution in [1.29, 1.82) is 0 Å². The number of hydrogen-bond acceptors (Lipinski definition) is 5. The number of likely N-dealkylation sites (tertiary alicyclic amines) is 1. The van der Waals surface area contributed by atoms with E-state index in [1.807, 2.05) is 46.7 Å². The summed E-state index contributed by atoms with van der Waals surface area (Å²) in [5.74, 6) is 0.619. The van der Waals surface area contributed by atoms with Crippen LogP contribution in [0.25, 0.3) is 16.6 Å². The predicted octanol–water partition coefficient (Wildman–Crippen LogP) is 3.46. The molecule has 0 bridgehead atoms. The minimum absolute atomic E-state index is 0.0472. The lowest BCUT2D eigenvalue weighted by molar-refractivity contribution is 0.0661. The largest absolute Gasteiger partial charge is 0.449 e. The number of pyridine rings is 2. The first-order valence-electron chi connectivity index (χ1n) is 11.4. The summed E-state index contributed by atoms with van der Waals surface area (Å²) in [5, 5.41) is 3.90. The Morgan fingerprint density at radius 3 is 2.91 bits per heavy atom. The van der Waals surface area contributed by atoms with E-state index >= 15 is 0 Å². The van der Waals surface area contributed by atoms with E-state index in [1.54, 1.807) is 18.5 Å². The van der Waals surface area contributed by atoms with Gasteiger partial charge in [0, 0.05) is 37.4 Å². The van der Waals surface area contributed by atoms with Crippen molar-refractivity contribution in [3.63, 3.8) is 0 Å². The molecular weight excluding hydrogens is 418 g/mol. The summed E-state index contributed by atoms with van der Waals surface area (Å²) in [6, 6.07) is 9.34. The van der Waals surface area contributed by atoms with Crippen molar-refractivity contribution in [3.05, 3.63) is 66.1 Å². The molecule has 2 fully saturated rings. The Bertz CT molecular complexity index is 1350. The number of rotatable bonds is 4. The molecule has 168 valence electrons. The number of aromatic nitrogens is 3. The molecule has 2 aliphatic rings. The Morgan fingerprint density at radius 1 is 1.24 bits per heavy atom. The second-order valence-electron chi connectivity index (χ2n) is 9.26. The second-order valence-corrected chi connectivity index (χ2v) is 9.26. The molecule has 1 atom stereocenters. The van der Waals surface area contributed by atoms with Gasteiger partial charge in [-0.2, -0.15) is 0 Å². The number of aryl methyl sites for hydroxylation is 1. The standard InChI is InChI=1S/C25H25N5O3/c1-16-22(30-9-3-2-4-21(30)28-16)24(32)29-10-6-25(7-11-29)13-18(25)14-27-23(31)19-12-17-5-8-26-15-20(17)33-19/h2-5,8-9,12,15,18H,6-7,10-11,13-14H2,1H3,(H,27,31). The zero-order valence-corrected chi connectivity index (χ0v) is 18.5. The third-order valence-electron chi connectivity index (χ3n) is 7.37. The summed E-state index contributed by atoms with van der Waals surface area (Å²) in [5.41, 5.74) is 3.06. The Hall–Kier alpha value is -3.68. The second kappa shape index (κ2) is 7.43. The minimum atomic E-state index is -0.191. The summed E-state index contributed by atoms with van der Waals surface area (Å²) in [6.45, 7) is 4.00. The quantitative estimate of drug-likeness (QED) is 0.522. The monoisotopic (exact) mass is 443 g/mol. The number of nitrogens with zero attached hydrogens (tertiary/aromatic N) is 4. The van der Waals surface area contributed by atoms with Crippen LogP contribution in [0.5, 0.6) is 0 Å². The molecule has 1 saturated carbocycles. The number of hydrogen-bond donors (Lipinski definition) is 1. The van der Waals surface area contributed by atoms with Crippen LogP contribution in [0.1, 0.15) is 46.0 Å². The molecule has 8 nitrogen and oxygen atoms in total. The zero-order valence-electron chi connectivity index (χ0n) is 18.5. The highest BCUT2D eigenvalue weighted by Gasteiger charge is 2.55. The molecule has 2 amide bonds. The molecule has 6 rings (SSSR count). The van der Waals surface area contributed by atoms with Crippen molar-refractivity contribution in [2.45, 2.75) is 26.2 Å². The molecule has 33 heavy (non-hydrogen) atoms. The van der Waals surface area contributed by atoms with Crippen molar-refractivity contribution in [3.8, 4) is 0 Å². The van der Waals surface area contributed by atoms with Crippen molar-refractivity contribution >= 4 is 28.4 Å². The fourth-order valence-electron chi connectivity index (χ4n) is 5.31. The van der Waals surface area contributed by atoms with E-state index in [2.05, 4.69) is 15.3 Å². The number of amides is 2. The van der Waals surface area contributed by atoms with Crippen molar-refractivity contribution in [2.24, 2.45) is 11.3 Å². The Balaban J connectivity index is 1.06. The number of nitrogens with one attached hydrogen (secondary N) is 1. The maximum absolute atomic E-state index is 13.2. The van der Waals surface area contributed by atoms with Gasteiger partial charge in [0.05, 0.1) is 11.9 Å². The third-order valence-corrected chi connectivity index (χ3v) is 7.37. The van der Waals surface area contributed by atoms with Crippen LogP contribution < -0.4 is 5.32 Å². The highest BCUT2D eigenvalue weighted by molar-refractivity contribution is 5.96. The van der Waals surface area contributed by atoms with E-state index in [9.17, 15) is 9.59 Å². The van der Waals surface area contributed by atoms with E-state index < -0.39 is 0 Å². The van der Waals surface area contributed by atoms with Gasteiger partial charge in [-0.3, -0.25) is 19.0 Å². The number of carbonyl (C=O) groups is 2. The van der Waals surface area contributed by atoms with Crippen LogP contribution >= 0.6 is 0 Å². The minimum Gasteiger partial charge on any atom is -0.449 e. The topological polar surface area (TPSA) is 92.7 Å². The average Bonchev–Trinajstić information content (AvgIpc) is 3.17. The van der Waals surface area contributed by atoms with Gasteiger partial charge in [0.15, 0.2) is 11.3 Å². The molecule has 1 aliphatic heterocycles. The molecular formula is C25H25N5O3. The van der Waals surface area contributed by atoms with Gasteiger partial charge in [-0.15, -0.1) is 0 Å². The lowest BCUT2D eigenvalue weighted by atomic mass is 9.90. The fourth-order valence-corrected chi connectivity index (χ4v) is 5.31. The first kappa shape index (κ1) is 20.0. The van der Waals surface area contributed by atoms with Crippen LogP contribution in [-0.4, -0.2) is 50.7 Å². The van der Waals surface area contributed by atoms with Crippen LogP contribution in [0.3, 0.4) is 0 Å². The molecule has 0 aromatic carbocycles. The zero-order chi connectivity index (χ0) is 22.6. The van der Waals surface area contributed by atoms with E-state index in [4.69, 9.17) is 4.42 Å². The van der Waals surface area contributed by atoms with Crippen LogP contribution in [0.4, 0.5) is 0 Å². The summed E-state index contributed by atoms with van der Waals surface area (Å²) >= 11 is 0. The Labute approximate surface area is 190 Å². The Morgan fingerprint density at radius 2 is 2.09 bits per heavy atom. The van der Waals surface area contributed by atoms with Gasteiger partial charge in [0.1, 0.15) is 11.3 Å². The van der Waals surface area contributed by atoms with Gasteiger partial charge < -0.3 is 14.6 Å². The first-order chi connectivity index (χ1) is 16.0. The van der Waals surface area contributed by atoms with Crippen molar-refractivity contribution in [2.75, 3.05) is 19.6 Å². The number of fused-ring (bicyclic) bond motifs is 2. The molecule has 4 aromatic heterocycles. The molecule has 4 aromatic rings. The lowest BCUT2D eigenvalue weighted by Crippen LogP contribution is -2.41. The third kappa shape index (κ3) is 3.37. The van der Waals surface area contributed by atoms with Gasteiger partial charge in [-0.05, 0) is 61.8 Å². The number of furan rings is 1. The number of imidazole rings is 1. The number of piperidine rings is 1. The maximum atomic E-state index is 13.2. The molecule has 1 unspecified atom stereocenters. The van der Waals surface area contributed by atoms with Gasteiger partial charge in [-0.1, -0.05) is 6.07 Å². The molecule has 1 spiro atoms. The van der Waals surface area contributed by atoms with Crippen LogP contribution in [0.15, 0.2) is 53.3 Å². The van der Waals surface area contributed by atoms with Gasteiger partial charge in [-0.25, -0.2) is 4.98 Å². The molecule has 1 N–H and O–H groups in total. The molecule has 1 saturated heterocycles. The van der Waals surface area contributed by atoms with Gasteiger partial charge in [0.25, 0.3) is 11.8 Å². The fraction of sp³-hybridized carbons (Fsp3) is 0.360. The maximum Gasteiger partial charge on any atom is 0.287 e. The highest BCUT2D eigenvalue weighted by atomic mass is 16.3. The average molecular weight is 444 g/mol. The van der Waals surface area contributed by atoms with Crippen LogP contribution in [0, 0.1) is 18.3 Å². The van der Waals surface area contributed by atoms with E-state index in [0.29, 0.717) is 29.5 Å². The number of carbonyl (C=O) groups excluding carboxylic acids is 2. The van der Waals surface area contributed by atoms with E-state index in [1.165, 1.54) is 0 Å². The lowest BCUT2D eigenvalue weighted by Gasteiger charge is -2.33. The SMILES string of the molecule is Cc1nc2ccccn2c1C(=O)N1CCC2(CC1)CC2CNC(=O)c1cc2ccncc2o1. The molecule has 8 heteroatoms. The first-order valence-corrected chi connectivity index (χ1v) is 11.4. The van der Waals surface area contributed by atoms with Crippen LogP contribution in [0.2, 0.25) is 0 Å². The molecule has 0 radical (unpaired) electrons. The highest BCUT2D eigenvalue weighted by Crippen LogP contribution is 2.59. The summed E-state index contributed by atoms with van der Waals surface area (Å²) in [7, 11) is 0. The van der Waals surface area contributed by atoms with Crippen LogP contribution in [-0.2, 0) is 0 Å². The summed E-state index contributed by atoms with van der Waals surface area (Å²) in [4.78, 5) is 36.3. The van der Waals surface area contributed by atoms with Crippen molar-refractivity contribution < 1.29 is 14.0 Å². The predicted molar refractivity (Wildman–Crippen MR) is 122 cm³/mol. The molecule has 5 heterocycles. The summed E-state index contributed by atoms with van der Waals surface area (Å²) in [6.07, 6.45) is 8.21. The van der Waals surface area contributed by atoms with Gasteiger partial charge in [0.2, 0.25) is 0 Å². The smallest absolute Gasteiger partial charge is 0.287 e. The van der Waals surface area contributed by atoms with Gasteiger partial charge >= 0.3 is 0 Å². The molecule has 1 aliphatic carbocycles. The van der Waals surface area contributed by atoms with E-state index in [0.717, 1.165) is 49.1 Å². The Kier molecular flexibility index (Phi) is 4.50. The van der Waals surface area contributed by atoms with E-state index in [-0.39, 0.29) is 17.2 Å². The van der Waals surface area contributed by atoms with Crippen molar-refractivity contribution in [1.82, 2.24) is 24.6 Å². The summed E-state index contributed by atoms with van der Waals surface area (Å²) < 4.78 is 7.49.